The standard InChI is InChI=1S/C12H24S/c1-3-11-5-7-12(4-2,8-6-11)9-10-13/h11,13H,3-10H2,1-2H3. The first kappa shape index (κ1) is 11.4. The lowest BCUT2D eigenvalue weighted by Gasteiger charge is -2.39. The molecule has 1 rings (SSSR count). The maximum absolute atomic E-state index is 4.38. The molecule has 0 N–H and O–H groups in total. The molecule has 0 aromatic heterocycles. The van der Waals surface area contributed by atoms with Crippen molar-refractivity contribution in [3.05, 3.63) is 0 Å². The van der Waals surface area contributed by atoms with Gasteiger partial charge in [0.2, 0.25) is 0 Å². The zero-order chi connectivity index (χ0) is 9.73. The van der Waals surface area contributed by atoms with Gasteiger partial charge in [0.25, 0.3) is 0 Å². The summed E-state index contributed by atoms with van der Waals surface area (Å²) in [5.41, 5.74) is 0.674. The zero-order valence-corrected chi connectivity index (χ0v) is 10.1. The van der Waals surface area contributed by atoms with Crippen LogP contribution in [0, 0.1) is 11.3 Å². The quantitative estimate of drug-likeness (QED) is 0.643. The van der Waals surface area contributed by atoms with Crippen LogP contribution in [0.3, 0.4) is 0 Å². The Labute approximate surface area is 88.9 Å². The minimum atomic E-state index is 0.674. The van der Waals surface area contributed by atoms with E-state index in [9.17, 15) is 0 Å². The Morgan fingerprint density at radius 3 is 2.23 bits per heavy atom. The zero-order valence-electron chi connectivity index (χ0n) is 9.18. The van der Waals surface area contributed by atoms with E-state index in [0.717, 1.165) is 11.7 Å². The fourth-order valence-electron chi connectivity index (χ4n) is 2.72. The van der Waals surface area contributed by atoms with E-state index in [1.54, 1.807) is 0 Å². The number of thiol groups is 1. The highest BCUT2D eigenvalue weighted by atomic mass is 32.1. The fourth-order valence-corrected chi connectivity index (χ4v) is 3.19. The van der Waals surface area contributed by atoms with E-state index in [4.69, 9.17) is 0 Å². The second-order valence-corrected chi connectivity index (χ2v) is 5.13. The monoisotopic (exact) mass is 200 g/mol. The lowest BCUT2D eigenvalue weighted by Crippen LogP contribution is -2.27. The average Bonchev–Trinajstić information content (AvgIpc) is 2.19. The van der Waals surface area contributed by atoms with Crippen LogP contribution in [0.25, 0.3) is 0 Å². The Hall–Kier alpha value is 0.350. The van der Waals surface area contributed by atoms with Crippen LogP contribution in [0.5, 0.6) is 0 Å². The highest BCUT2D eigenvalue weighted by Crippen LogP contribution is 2.44. The lowest BCUT2D eigenvalue weighted by atomic mass is 9.67. The topological polar surface area (TPSA) is 0 Å². The summed E-state index contributed by atoms with van der Waals surface area (Å²) in [5.74, 6) is 2.10. The molecule has 1 aliphatic rings. The van der Waals surface area contributed by atoms with Crippen molar-refractivity contribution in [2.75, 3.05) is 5.75 Å². The van der Waals surface area contributed by atoms with Gasteiger partial charge in [-0.05, 0) is 49.2 Å². The number of hydrogen-bond donors (Lipinski definition) is 1. The molecule has 0 aliphatic heterocycles. The summed E-state index contributed by atoms with van der Waals surface area (Å²) in [4.78, 5) is 0. The van der Waals surface area contributed by atoms with E-state index in [-0.39, 0.29) is 0 Å². The average molecular weight is 200 g/mol. The molecule has 0 amide bonds. The van der Waals surface area contributed by atoms with E-state index >= 15 is 0 Å². The van der Waals surface area contributed by atoms with Gasteiger partial charge in [0.05, 0.1) is 0 Å². The van der Waals surface area contributed by atoms with Crippen molar-refractivity contribution in [1.29, 1.82) is 0 Å². The molecule has 0 spiro atoms. The summed E-state index contributed by atoms with van der Waals surface area (Å²) >= 11 is 4.38. The summed E-state index contributed by atoms with van der Waals surface area (Å²) in [7, 11) is 0. The molecule has 0 unspecified atom stereocenters. The van der Waals surface area contributed by atoms with Gasteiger partial charge in [0.15, 0.2) is 0 Å². The van der Waals surface area contributed by atoms with Crippen LogP contribution in [0.1, 0.15) is 58.8 Å². The maximum Gasteiger partial charge on any atom is -0.00926 e. The maximum atomic E-state index is 4.38. The van der Waals surface area contributed by atoms with E-state index in [0.29, 0.717) is 5.41 Å². The third-order valence-electron chi connectivity index (χ3n) is 4.14. The predicted octanol–water partition coefficient (Wildman–Crippen LogP) is 4.30. The van der Waals surface area contributed by atoms with Gasteiger partial charge in [-0.15, -0.1) is 0 Å². The normalized spacial score (nSPS) is 34.8. The van der Waals surface area contributed by atoms with Gasteiger partial charge in [0.1, 0.15) is 0 Å². The van der Waals surface area contributed by atoms with Crippen molar-refractivity contribution in [3.63, 3.8) is 0 Å². The molecule has 0 heterocycles. The van der Waals surface area contributed by atoms with Gasteiger partial charge < -0.3 is 0 Å². The van der Waals surface area contributed by atoms with Gasteiger partial charge >= 0.3 is 0 Å². The summed E-state index contributed by atoms with van der Waals surface area (Å²) in [6, 6.07) is 0. The minimum Gasteiger partial charge on any atom is -0.179 e. The van der Waals surface area contributed by atoms with Crippen LogP contribution in [0.2, 0.25) is 0 Å². The first-order chi connectivity index (χ1) is 6.26. The summed E-state index contributed by atoms with van der Waals surface area (Å²) in [5, 5.41) is 0. The summed E-state index contributed by atoms with van der Waals surface area (Å²) < 4.78 is 0. The Balaban J connectivity index is 2.42. The Kier molecular flexibility index (Phi) is 4.64. The van der Waals surface area contributed by atoms with E-state index in [2.05, 4.69) is 26.5 Å². The lowest BCUT2D eigenvalue weighted by molar-refractivity contribution is 0.136. The third-order valence-corrected chi connectivity index (χ3v) is 4.36. The van der Waals surface area contributed by atoms with E-state index in [1.165, 1.54) is 44.9 Å². The van der Waals surface area contributed by atoms with Crippen LogP contribution < -0.4 is 0 Å². The number of hydrogen-bond acceptors (Lipinski definition) is 1. The van der Waals surface area contributed by atoms with Crippen LogP contribution in [-0.2, 0) is 0 Å². The first-order valence-electron chi connectivity index (χ1n) is 5.87. The van der Waals surface area contributed by atoms with Gasteiger partial charge in [-0.25, -0.2) is 0 Å². The molecule has 1 heteroatoms. The molecule has 0 nitrogen and oxygen atoms in total. The summed E-state index contributed by atoms with van der Waals surface area (Å²) in [6.45, 7) is 4.69. The predicted molar refractivity (Wildman–Crippen MR) is 63.4 cm³/mol. The molecule has 1 fully saturated rings. The van der Waals surface area contributed by atoms with Gasteiger partial charge in [-0.1, -0.05) is 26.7 Å². The second-order valence-electron chi connectivity index (χ2n) is 4.68. The fraction of sp³-hybridized carbons (Fsp3) is 1.00. The van der Waals surface area contributed by atoms with Gasteiger partial charge in [-0.3, -0.25) is 0 Å². The van der Waals surface area contributed by atoms with E-state index < -0.39 is 0 Å². The van der Waals surface area contributed by atoms with Crippen LogP contribution in [0.15, 0.2) is 0 Å². The van der Waals surface area contributed by atoms with Crippen molar-refractivity contribution in [2.45, 2.75) is 58.8 Å². The van der Waals surface area contributed by atoms with Crippen LogP contribution >= 0.6 is 12.6 Å². The van der Waals surface area contributed by atoms with Crippen LogP contribution in [-0.4, -0.2) is 5.75 Å². The summed E-state index contributed by atoms with van der Waals surface area (Å²) in [6.07, 6.45) is 9.95. The molecule has 0 bridgehead atoms. The third kappa shape index (κ3) is 2.90. The largest absolute Gasteiger partial charge is 0.179 e. The molecular formula is C12H24S. The smallest absolute Gasteiger partial charge is 0.00926 e. The molecule has 0 radical (unpaired) electrons. The molecular weight excluding hydrogens is 176 g/mol. The molecule has 13 heavy (non-hydrogen) atoms. The minimum absolute atomic E-state index is 0.674. The SMILES string of the molecule is CCC1CCC(CC)(CCS)CC1. The molecule has 0 atom stereocenters. The Bertz CT molecular complexity index is 134. The Morgan fingerprint density at radius 2 is 1.85 bits per heavy atom. The first-order valence-corrected chi connectivity index (χ1v) is 6.50. The van der Waals surface area contributed by atoms with Crippen molar-refractivity contribution in [3.8, 4) is 0 Å². The highest BCUT2D eigenvalue weighted by Gasteiger charge is 2.32. The van der Waals surface area contributed by atoms with E-state index in [1.807, 2.05) is 0 Å². The molecule has 78 valence electrons. The highest BCUT2D eigenvalue weighted by molar-refractivity contribution is 7.80. The molecule has 0 aromatic rings. The van der Waals surface area contributed by atoms with Crippen molar-refractivity contribution in [2.24, 2.45) is 11.3 Å². The van der Waals surface area contributed by atoms with Gasteiger partial charge in [-0.2, -0.15) is 12.6 Å². The molecule has 1 aliphatic carbocycles. The van der Waals surface area contributed by atoms with Crippen molar-refractivity contribution < 1.29 is 0 Å². The molecule has 1 saturated carbocycles. The second kappa shape index (κ2) is 5.29. The van der Waals surface area contributed by atoms with Crippen molar-refractivity contribution in [1.82, 2.24) is 0 Å². The molecule has 0 saturated heterocycles. The van der Waals surface area contributed by atoms with Crippen molar-refractivity contribution >= 4 is 12.6 Å². The molecule has 0 aromatic carbocycles. The Morgan fingerprint density at radius 1 is 1.23 bits per heavy atom. The number of rotatable bonds is 4. The van der Waals surface area contributed by atoms with Gasteiger partial charge in [0, 0.05) is 0 Å². The van der Waals surface area contributed by atoms with Crippen LogP contribution in [0.4, 0.5) is 0 Å².